The van der Waals surface area contributed by atoms with Gasteiger partial charge in [0.05, 0.1) is 19.6 Å². The molecule has 2 aromatic heterocycles. The number of hydrogen-bond acceptors (Lipinski definition) is 5. The van der Waals surface area contributed by atoms with Crippen molar-refractivity contribution in [3.8, 4) is 5.88 Å². The maximum Gasteiger partial charge on any atom is 0.305 e. The van der Waals surface area contributed by atoms with E-state index >= 15 is 0 Å². The van der Waals surface area contributed by atoms with Gasteiger partial charge in [-0.3, -0.25) is 9.59 Å². The number of amides is 1. The van der Waals surface area contributed by atoms with Gasteiger partial charge in [0.1, 0.15) is 11.5 Å². The number of pyridine rings is 1. The molecule has 0 aromatic carbocycles. The number of carbonyl (C=O) groups excluding carboxylic acids is 2. The van der Waals surface area contributed by atoms with Crippen molar-refractivity contribution in [2.75, 3.05) is 13.7 Å². The maximum absolute atomic E-state index is 13.1. The Bertz CT molecular complexity index is 904. The van der Waals surface area contributed by atoms with Crippen LogP contribution in [0.1, 0.15) is 53.8 Å². The highest BCUT2D eigenvalue weighted by atomic mass is 16.5. The summed E-state index contributed by atoms with van der Waals surface area (Å²) in [6, 6.07) is 4.64. The molecule has 154 valence electrons. The highest BCUT2D eigenvalue weighted by Gasteiger charge is 2.33. The van der Waals surface area contributed by atoms with Crippen molar-refractivity contribution in [1.29, 1.82) is 0 Å². The first-order valence-electron chi connectivity index (χ1n) is 9.60. The molecule has 0 bridgehead atoms. The molecule has 0 radical (unpaired) electrons. The van der Waals surface area contributed by atoms with Crippen molar-refractivity contribution in [3.63, 3.8) is 0 Å². The summed E-state index contributed by atoms with van der Waals surface area (Å²) in [5, 5.41) is 9.39. The molecule has 0 spiro atoms. The Morgan fingerprint density at radius 3 is 2.72 bits per heavy atom. The minimum Gasteiger partial charge on any atom is -0.481 e. The van der Waals surface area contributed by atoms with Gasteiger partial charge in [-0.25, -0.2) is 4.98 Å². The number of ether oxygens (including phenoxy) is 1. The molecular formula is C21H25N3O5. The minimum atomic E-state index is -0.982. The van der Waals surface area contributed by atoms with E-state index in [9.17, 15) is 19.5 Å². The molecular weight excluding hydrogens is 374 g/mol. The first-order chi connectivity index (χ1) is 13.9. The van der Waals surface area contributed by atoms with Crippen LogP contribution in [-0.2, 0) is 22.6 Å². The number of aryl methyl sites for hydroxylation is 1. The fourth-order valence-electron chi connectivity index (χ4n) is 3.66. The molecule has 0 unspecified atom stereocenters. The Labute approximate surface area is 169 Å². The number of carbonyl (C=O) groups is 3. The topological polar surface area (TPSA) is 102 Å². The summed E-state index contributed by atoms with van der Waals surface area (Å²) in [5.41, 5.74) is 2.21. The second-order valence-electron chi connectivity index (χ2n) is 7.23. The van der Waals surface area contributed by atoms with Crippen LogP contribution in [0.5, 0.6) is 5.88 Å². The number of rotatable bonds is 9. The van der Waals surface area contributed by atoms with Gasteiger partial charge in [0.15, 0.2) is 0 Å². The molecule has 0 saturated heterocycles. The fourth-order valence-corrected chi connectivity index (χ4v) is 3.66. The zero-order chi connectivity index (χ0) is 21.0. The summed E-state index contributed by atoms with van der Waals surface area (Å²) in [7, 11) is 1.51. The van der Waals surface area contributed by atoms with E-state index in [1.165, 1.54) is 7.11 Å². The van der Waals surface area contributed by atoms with Gasteiger partial charge in [0, 0.05) is 38.0 Å². The van der Waals surface area contributed by atoms with Crippen molar-refractivity contribution in [3.05, 3.63) is 47.4 Å². The van der Waals surface area contributed by atoms with E-state index in [1.807, 2.05) is 16.8 Å². The summed E-state index contributed by atoms with van der Waals surface area (Å²) >= 11 is 0. The number of hydrogen-bond donors (Lipinski definition) is 1. The number of aliphatic carboxylic acids is 1. The monoisotopic (exact) mass is 399 g/mol. The lowest BCUT2D eigenvalue weighted by Gasteiger charge is -2.34. The fraction of sp³-hybridized carbons (Fsp3) is 0.429. The minimum absolute atomic E-state index is 0.154. The third-order valence-corrected chi connectivity index (χ3v) is 5.11. The molecule has 0 aliphatic carbocycles. The van der Waals surface area contributed by atoms with Crippen LogP contribution in [0.25, 0.3) is 0 Å². The van der Waals surface area contributed by atoms with E-state index in [0.29, 0.717) is 36.6 Å². The van der Waals surface area contributed by atoms with Crippen LogP contribution in [-0.4, -0.2) is 50.9 Å². The van der Waals surface area contributed by atoms with Gasteiger partial charge in [0.25, 0.3) is 5.91 Å². The van der Waals surface area contributed by atoms with Gasteiger partial charge >= 0.3 is 5.97 Å². The number of nitrogens with zero attached hydrogens (tertiary/aromatic N) is 3. The summed E-state index contributed by atoms with van der Waals surface area (Å²) in [4.78, 5) is 41.5. The lowest BCUT2D eigenvalue weighted by atomic mass is 10.0. The van der Waals surface area contributed by atoms with E-state index in [0.717, 1.165) is 18.4 Å². The molecule has 3 rings (SSSR count). The van der Waals surface area contributed by atoms with Crippen molar-refractivity contribution < 1.29 is 24.2 Å². The molecule has 0 saturated carbocycles. The van der Waals surface area contributed by atoms with Crippen LogP contribution >= 0.6 is 0 Å². The van der Waals surface area contributed by atoms with Crippen LogP contribution in [0, 0.1) is 0 Å². The quantitative estimate of drug-likeness (QED) is 0.695. The highest BCUT2D eigenvalue weighted by molar-refractivity contribution is 5.94. The molecule has 29 heavy (non-hydrogen) atoms. The first-order valence-corrected chi connectivity index (χ1v) is 9.60. The Morgan fingerprint density at radius 1 is 1.31 bits per heavy atom. The van der Waals surface area contributed by atoms with E-state index in [-0.39, 0.29) is 18.1 Å². The smallest absolute Gasteiger partial charge is 0.305 e. The molecule has 1 atom stereocenters. The molecule has 1 N–H and O–H groups in total. The van der Waals surface area contributed by atoms with E-state index in [1.54, 1.807) is 30.2 Å². The maximum atomic E-state index is 13.1. The molecule has 3 heterocycles. The van der Waals surface area contributed by atoms with Crippen molar-refractivity contribution in [2.24, 2.45) is 0 Å². The Balaban J connectivity index is 1.81. The summed E-state index contributed by atoms with van der Waals surface area (Å²) in [6.07, 6.45) is 5.30. The van der Waals surface area contributed by atoms with Gasteiger partial charge < -0.3 is 24.1 Å². The standard InChI is InChI=1S/C21H25N3O5/c1-14(25)4-3-5-15-10-18-21(28)24(9-8-23(18)13-15)17(11-20(26)27)16-6-7-19(29-2)22-12-16/h6-7,10,12-13,17H,3-5,8-9,11H2,1-2H3,(H,26,27)/t17-/m0/s1. The van der Waals surface area contributed by atoms with Crippen molar-refractivity contribution in [1.82, 2.24) is 14.5 Å². The molecule has 1 aliphatic heterocycles. The number of fused-ring (bicyclic) bond motifs is 1. The number of Topliss-reactive ketones (excluding diaryl/α,β-unsaturated/α-hetero) is 1. The predicted molar refractivity (Wildman–Crippen MR) is 105 cm³/mol. The molecule has 8 heteroatoms. The molecule has 1 aliphatic rings. The summed E-state index contributed by atoms with van der Waals surface area (Å²) in [5.74, 6) is -0.599. The SMILES string of the molecule is COc1ccc([C@H](CC(=O)O)N2CCn3cc(CCCC(C)=O)cc3C2=O)cn1. The average molecular weight is 399 g/mol. The summed E-state index contributed by atoms with van der Waals surface area (Å²) in [6.45, 7) is 2.58. The van der Waals surface area contributed by atoms with Crippen LogP contribution in [0.2, 0.25) is 0 Å². The van der Waals surface area contributed by atoms with Crippen LogP contribution in [0.15, 0.2) is 30.6 Å². The zero-order valence-electron chi connectivity index (χ0n) is 16.6. The van der Waals surface area contributed by atoms with Gasteiger partial charge in [-0.05, 0) is 37.0 Å². The van der Waals surface area contributed by atoms with Gasteiger partial charge in [0.2, 0.25) is 5.88 Å². The Hall–Kier alpha value is -3.16. The zero-order valence-corrected chi connectivity index (χ0v) is 16.6. The molecule has 2 aromatic rings. The van der Waals surface area contributed by atoms with Crippen LogP contribution in [0.4, 0.5) is 0 Å². The second kappa shape index (κ2) is 8.89. The van der Waals surface area contributed by atoms with Gasteiger partial charge in [-0.1, -0.05) is 6.07 Å². The lowest BCUT2D eigenvalue weighted by Crippen LogP contribution is -2.43. The normalized spacial score (nSPS) is 14.4. The first kappa shape index (κ1) is 20.6. The van der Waals surface area contributed by atoms with E-state index < -0.39 is 12.0 Å². The summed E-state index contributed by atoms with van der Waals surface area (Å²) < 4.78 is 6.97. The molecule has 0 fully saturated rings. The Morgan fingerprint density at radius 2 is 2.10 bits per heavy atom. The number of carboxylic acid groups (broad SMARTS) is 1. The van der Waals surface area contributed by atoms with Gasteiger partial charge in [-0.15, -0.1) is 0 Å². The number of carboxylic acids is 1. The third-order valence-electron chi connectivity index (χ3n) is 5.11. The molecule has 1 amide bonds. The average Bonchev–Trinajstić information content (AvgIpc) is 3.10. The largest absolute Gasteiger partial charge is 0.481 e. The number of ketones is 1. The molecule has 8 nitrogen and oxygen atoms in total. The van der Waals surface area contributed by atoms with Crippen LogP contribution in [0.3, 0.4) is 0 Å². The Kier molecular flexibility index (Phi) is 6.31. The lowest BCUT2D eigenvalue weighted by molar-refractivity contribution is -0.138. The van der Waals surface area contributed by atoms with E-state index in [4.69, 9.17) is 4.74 Å². The number of aromatic nitrogens is 2. The second-order valence-corrected chi connectivity index (χ2v) is 7.23. The highest BCUT2D eigenvalue weighted by Crippen LogP contribution is 2.30. The van der Waals surface area contributed by atoms with Crippen LogP contribution < -0.4 is 4.74 Å². The number of methoxy groups -OCH3 is 1. The van der Waals surface area contributed by atoms with E-state index in [2.05, 4.69) is 4.98 Å². The van der Waals surface area contributed by atoms with Gasteiger partial charge in [-0.2, -0.15) is 0 Å². The predicted octanol–water partition coefficient (Wildman–Crippen LogP) is 2.48. The van der Waals surface area contributed by atoms with Crippen molar-refractivity contribution in [2.45, 2.75) is 45.2 Å². The van der Waals surface area contributed by atoms with Crippen molar-refractivity contribution >= 4 is 17.7 Å². The third kappa shape index (κ3) is 4.82.